The van der Waals surface area contributed by atoms with Crippen LogP contribution in [0.25, 0.3) is 10.9 Å². The van der Waals surface area contributed by atoms with Crippen molar-refractivity contribution < 1.29 is 34.2 Å². The second kappa shape index (κ2) is 13.2. The highest BCUT2D eigenvalue weighted by Crippen LogP contribution is 2.19. The molecule has 8 N–H and O–H groups in total. The third kappa shape index (κ3) is 8.69. The number of nitrogens with one attached hydrogen (secondary N) is 4. The molecule has 0 saturated heterocycles. The van der Waals surface area contributed by atoms with E-state index in [-0.39, 0.29) is 18.8 Å². The summed E-state index contributed by atoms with van der Waals surface area (Å²) in [7, 11) is 0. The maximum Gasteiger partial charge on any atom is 0.326 e. The molecule has 196 valence electrons. The molecule has 12 nitrogen and oxygen atoms in total. The summed E-state index contributed by atoms with van der Waals surface area (Å²) in [4.78, 5) is 62.9. The first-order valence-electron chi connectivity index (χ1n) is 11.6. The Bertz CT molecular complexity index is 1100. The van der Waals surface area contributed by atoms with Gasteiger partial charge in [0.15, 0.2) is 0 Å². The van der Waals surface area contributed by atoms with Gasteiger partial charge in [-0.1, -0.05) is 32.0 Å². The van der Waals surface area contributed by atoms with E-state index in [1.165, 1.54) is 0 Å². The Balaban J connectivity index is 2.09. The monoisotopic (exact) mass is 503 g/mol. The van der Waals surface area contributed by atoms with Gasteiger partial charge in [-0.05, 0) is 30.4 Å². The van der Waals surface area contributed by atoms with Crippen molar-refractivity contribution in [2.75, 3.05) is 6.54 Å². The third-order valence-corrected chi connectivity index (χ3v) is 5.50. The van der Waals surface area contributed by atoms with Crippen LogP contribution in [0.1, 0.15) is 38.7 Å². The molecule has 0 aliphatic rings. The van der Waals surface area contributed by atoms with E-state index in [4.69, 9.17) is 10.8 Å². The minimum absolute atomic E-state index is 0.119. The van der Waals surface area contributed by atoms with Gasteiger partial charge in [0.1, 0.15) is 12.1 Å². The highest BCUT2D eigenvalue weighted by molar-refractivity contribution is 5.93. The van der Waals surface area contributed by atoms with Gasteiger partial charge in [-0.25, -0.2) is 4.79 Å². The summed E-state index contributed by atoms with van der Waals surface area (Å²) < 4.78 is 0. The number of hydrogen-bond acceptors (Lipinski definition) is 6. The maximum atomic E-state index is 13.0. The van der Waals surface area contributed by atoms with Crippen molar-refractivity contribution in [3.8, 4) is 0 Å². The van der Waals surface area contributed by atoms with E-state index in [9.17, 15) is 29.1 Å². The number of nitrogens with two attached hydrogens (primary N) is 1. The van der Waals surface area contributed by atoms with E-state index >= 15 is 0 Å². The van der Waals surface area contributed by atoms with Gasteiger partial charge in [0.05, 0.1) is 12.6 Å². The first kappa shape index (κ1) is 28.3. The minimum Gasteiger partial charge on any atom is -0.481 e. The van der Waals surface area contributed by atoms with Crippen LogP contribution < -0.4 is 21.7 Å². The van der Waals surface area contributed by atoms with Gasteiger partial charge in [-0.3, -0.25) is 19.2 Å². The molecule has 1 heterocycles. The van der Waals surface area contributed by atoms with Crippen LogP contribution in [0.5, 0.6) is 0 Å². The molecule has 3 atom stereocenters. The van der Waals surface area contributed by atoms with Crippen LogP contribution in [0.15, 0.2) is 30.5 Å². The Morgan fingerprint density at radius 2 is 1.69 bits per heavy atom. The van der Waals surface area contributed by atoms with Gasteiger partial charge < -0.3 is 36.9 Å². The summed E-state index contributed by atoms with van der Waals surface area (Å²) in [5, 5.41) is 26.1. The number of para-hydroxylation sites is 1. The molecule has 1 aromatic carbocycles. The van der Waals surface area contributed by atoms with E-state index < -0.39 is 60.8 Å². The number of hydrogen-bond donors (Lipinski definition) is 7. The summed E-state index contributed by atoms with van der Waals surface area (Å²) in [6.45, 7) is 3.28. The normalized spacial score (nSPS) is 13.6. The van der Waals surface area contributed by atoms with Gasteiger partial charge >= 0.3 is 11.9 Å². The molecule has 12 heteroatoms. The van der Waals surface area contributed by atoms with E-state index in [1.807, 2.05) is 38.1 Å². The summed E-state index contributed by atoms with van der Waals surface area (Å²) in [6, 6.07) is 4.17. The van der Waals surface area contributed by atoms with Crippen molar-refractivity contribution >= 4 is 40.6 Å². The number of aromatic amines is 1. The van der Waals surface area contributed by atoms with Crippen LogP contribution >= 0.6 is 0 Å². The fraction of sp³-hybridized carbons (Fsp3) is 0.458. The van der Waals surface area contributed by atoms with Crippen molar-refractivity contribution in [2.45, 2.75) is 57.7 Å². The Morgan fingerprint density at radius 3 is 2.33 bits per heavy atom. The van der Waals surface area contributed by atoms with Gasteiger partial charge in [0, 0.05) is 29.9 Å². The molecule has 0 radical (unpaired) electrons. The fourth-order valence-electron chi connectivity index (χ4n) is 3.68. The summed E-state index contributed by atoms with van der Waals surface area (Å²) in [5.74, 6) is -4.39. The topological polar surface area (TPSA) is 204 Å². The van der Waals surface area contributed by atoms with E-state index in [0.717, 1.165) is 16.5 Å². The number of carbonyl (C=O) groups is 5. The highest BCUT2D eigenvalue weighted by Gasteiger charge is 2.27. The van der Waals surface area contributed by atoms with Crippen LogP contribution in [0.2, 0.25) is 0 Å². The van der Waals surface area contributed by atoms with Crippen molar-refractivity contribution in [3.63, 3.8) is 0 Å². The molecule has 0 bridgehead atoms. The Hall–Kier alpha value is -3.93. The first-order chi connectivity index (χ1) is 17.0. The summed E-state index contributed by atoms with van der Waals surface area (Å²) >= 11 is 0. The summed E-state index contributed by atoms with van der Waals surface area (Å²) in [5.41, 5.74) is 7.60. The average molecular weight is 504 g/mol. The zero-order valence-corrected chi connectivity index (χ0v) is 20.2. The molecule has 3 amide bonds. The Labute approximate surface area is 208 Å². The number of aromatic nitrogens is 1. The number of amides is 3. The molecule has 36 heavy (non-hydrogen) atoms. The lowest BCUT2D eigenvalue weighted by molar-refractivity contribution is -0.143. The number of carboxylic acids is 2. The van der Waals surface area contributed by atoms with Crippen molar-refractivity contribution in [3.05, 3.63) is 36.0 Å². The van der Waals surface area contributed by atoms with Crippen molar-refractivity contribution in [1.82, 2.24) is 20.9 Å². The Kier molecular flexibility index (Phi) is 10.4. The maximum absolute atomic E-state index is 13.0. The van der Waals surface area contributed by atoms with Gasteiger partial charge in [0.2, 0.25) is 17.7 Å². The predicted molar refractivity (Wildman–Crippen MR) is 131 cm³/mol. The van der Waals surface area contributed by atoms with Gasteiger partial charge in [-0.2, -0.15) is 0 Å². The van der Waals surface area contributed by atoms with Crippen molar-refractivity contribution in [1.29, 1.82) is 0 Å². The highest BCUT2D eigenvalue weighted by atomic mass is 16.4. The van der Waals surface area contributed by atoms with Crippen LogP contribution in [0.3, 0.4) is 0 Å². The average Bonchev–Trinajstić information content (AvgIpc) is 3.21. The minimum atomic E-state index is -1.42. The molecule has 2 aromatic rings. The number of carboxylic acid groups (broad SMARTS) is 2. The smallest absolute Gasteiger partial charge is 0.326 e. The lowest BCUT2D eigenvalue weighted by Crippen LogP contribution is -2.54. The molecule has 0 aliphatic heterocycles. The lowest BCUT2D eigenvalue weighted by Gasteiger charge is -2.21. The molecule has 0 aliphatic carbocycles. The lowest BCUT2D eigenvalue weighted by atomic mass is 10.0. The third-order valence-electron chi connectivity index (χ3n) is 5.50. The number of carbonyl (C=O) groups excluding carboxylic acids is 3. The van der Waals surface area contributed by atoms with Crippen molar-refractivity contribution in [2.24, 2.45) is 11.7 Å². The molecule has 0 saturated carbocycles. The van der Waals surface area contributed by atoms with Gasteiger partial charge in [0.25, 0.3) is 0 Å². The second-order valence-corrected chi connectivity index (χ2v) is 8.97. The molecule has 1 aromatic heterocycles. The number of rotatable bonds is 14. The number of H-pyrrole nitrogens is 1. The summed E-state index contributed by atoms with van der Waals surface area (Å²) in [6.07, 6.45) is 1.52. The number of aliphatic carboxylic acids is 2. The zero-order chi connectivity index (χ0) is 26.8. The zero-order valence-electron chi connectivity index (χ0n) is 20.2. The van der Waals surface area contributed by atoms with E-state index in [2.05, 4.69) is 20.9 Å². The Morgan fingerprint density at radius 1 is 1.00 bits per heavy atom. The fourth-order valence-corrected chi connectivity index (χ4v) is 3.68. The van der Waals surface area contributed by atoms with Crippen LogP contribution in [-0.4, -0.2) is 69.5 Å². The largest absolute Gasteiger partial charge is 0.481 e. The molecule has 2 rings (SSSR count). The molecule has 0 fully saturated rings. The number of benzene rings is 1. The molecule has 3 unspecified atom stereocenters. The molecule has 0 spiro atoms. The SMILES string of the molecule is CC(C)CC(N)C(=O)NC(Cc1c[nH]c2ccccc12)C(=O)NCC(=O)NC(CCC(=O)O)C(=O)O. The van der Waals surface area contributed by atoms with E-state index in [0.29, 0.717) is 6.42 Å². The molecular formula is C24H33N5O7. The second-order valence-electron chi connectivity index (χ2n) is 8.97. The van der Waals surface area contributed by atoms with Gasteiger partial charge in [-0.15, -0.1) is 0 Å². The van der Waals surface area contributed by atoms with Crippen LogP contribution in [0.4, 0.5) is 0 Å². The van der Waals surface area contributed by atoms with E-state index in [1.54, 1.807) is 6.20 Å². The standard InChI is InChI=1S/C24H33N5O7/c1-13(2)9-16(25)22(33)29-19(10-14-11-26-17-6-4-3-5-15(14)17)23(34)27-12-20(30)28-18(24(35)36)7-8-21(31)32/h3-6,11,13,16,18-19,26H,7-10,12,25H2,1-2H3,(H,27,34)(H,28,30)(H,29,33)(H,31,32)(H,35,36). The molecular weight excluding hydrogens is 470 g/mol. The predicted octanol–water partition coefficient (Wildman–Crippen LogP) is 0.119. The quantitative estimate of drug-likeness (QED) is 0.188. The van der Waals surface area contributed by atoms with Crippen LogP contribution in [0, 0.1) is 5.92 Å². The van der Waals surface area contributed by atoms with Crippen LogP contribution in [-0.2, 0) is 30.4 Å². The first-order valence-corrected chi connectivity index (χ1v) is 11.6. The number of fused-ring (bicyclic) bond motifs is 1.